The molecule has 0 aliphatic rings. The highest BCUT2D eigenvalue weighted by molar-refractivity contribution is 6.30. The maximum Gasteiger partial charge on any atom is 0.136 e. The van der Waals surface area contributed by atoms with Crippen molar-refractivity contribution in [3.05, 3.63) is 35.8 Å². The van der Waals surface area contributed by atoms with Crippen LogP contribution >= 0.6 is 11.6 Å². The summed E-state index contributed by atoms with van der Waals surface area (Å²) in [5.74, 6) is 0.254. The molecule has 0 amide bonds. The minimum absolute atomic E-state index is 0.254. The van der Waals surface area contributed by atoms with Crippen LogP contribution in [0.5, 0.6) is 0 Å². The van der Waals surface area contributed by atoms with Gasteiger partial charge in [-0.25, -0.2) is 19.9 Å². The van der Waals surface area contributed by atoms with E-state index in [0.29, 0.717) is 5.15 Å². The molecule has 0 spiro atoms. The average Bonchev–Trinajstić information content (AvgIpc) is 2.29. The zero-order chi connectivity index (χ0) is 11.5. The molecular weight excluding hydrogens is 224 g/mol. The molecule has 2 heterocycles. The van der Waals surface area contributed by atoms with E-state index in [9.17, 15) is 0 Å². The van der Waals surface area contributed by atoms with E-state index in [1.54, 1.807) is 12.4 Å². The molecule has 0 unspecified atom stereocenters. The minimum atomic E-state index is 0.254. The first kappa shape index (κ1) is 11.0. The van der Waals surface area contributed by atoms with Gasteiger partial charge in [-0.05, 0) is 5.92 Å². The van der Waals surface area contributed by atoms with Gasteiger partial charge >= 0.3 is 0 Å². The van der Waals surface area contributed by atoms with Crippen molar-refractivity contribution in [2.45, 2.75) is 19.8 Å². The predicted molar refractivity (Wildman–Crippen MR) is 62.2 cm³/mol. The summed E-state index contributed by atoms with van der Waals surface area (Å²) in [4.78, 5) is 16.2. The normalized spacial score (nSPS) is 10.8. The summed E-state index contributed by atoms with van der Waals surface area (Å²) in [5, 5.41) is 0.490. The monoisotopic (exact) mass is 234 g/mol. The van der Waals surface area contributed by atoms with Crippen molar-refractivity contribution in [1.29, 1.82) is 0 Å². The van der Waals surface area contributed by atoms with E-state index >= 15 is 0 Å². The summed E-state index contributed by atoms with van der Waals surface area (Å²) >= 11 is 6.08. The van der Waals surface area contributed by atoms with E-state index in [-0.39, 0.29) is 5.92 Å². The highest BCUT2D eigenvalue weighted by Gasteiger charge is 2.14. The number of halogens is 1. The van der Waals surface area contributed by atoms with Crippen molar-refractivity contribution in [3.8, 4) is 11.3 Å². The Morgan fingerprint density at radius 2 is 1.75 bits per heavy atom. The number of hydrogen-bond donors (Lipinski definition) is 0. The lowest BCUT2D eigenvalue weighted by Gasteiger charge is -2.11. The van der Waals surface area contributed by atoms with Gasteiger partial charge in [0, 0.05) is 23.5 Å². The van der Waals surface area contributed by atoms with Crippen LogP contribution in [0.2, 0.25) is 5.15 Å². The van der Waals surface area contributed by atoms with Gasteiger partial charge in [0.2, 0.25) is 0 Å². The van der Waals surface area contributed by atoms with Crippen molar-refractivity contribution < 1.29 is 0 Å². The van der Waals surface area contributed by atoms with Gasteiger partial charge in [0.25, 0.3) is 0 Å². The molecule has 0 bridgehead atoms. The largest absolute Gasteiger partial charge is 0.244 e. The van der Waals surface area contributed by atoms with E-state index in [0.717, 1.165) is 16.8 Å². The summed E-state index contributed by atoms with van der Waals surface area (Å²) in [7, 11) is 0. The molecule has 0 atom stereocenters. The predicted octanol–water partition coefficient (Wildman–Crippen LogP) is 2.71. The van der Waals surface area contributed by atoms with Crippen LogP contribution in [0.4, 0.5) is 0 Å². The van der Waals surface area contributed by atoms with Gasteiger partial charge in [-0.3, -0.25) is 0 Å². The molecule has 0 aromatic carbocycles. The fraction of sp³-hybridized carbons (Fsp3) is 0.273. The van der Waals surface area contributed by atoms with Gasteiger partial charge in [0.05, 0.1) is 5.69 Å². The first-order chi connectivity index (χ1) is 7.70. The first-order valence-electron chi connectivity index (χ1n) is 4.96. The Morgan fingerprint density at radius 3 is 2.38 bits per heavy atom. The zero-order valence-electron chi connectivity index (χ0n) is 9.05. The Labute approximate surface area is 98.8 Å². The number of nitrogens with zero attached hydrogens (tertiary/aromatic N) is 4. The van der Waals surface area contributed by atoms with E-state index in [2.05, 4.69) is 33.8 Å². The van der Waals surface area contributed by atoms with Gasteiger partial charge in [0.1, 0.15) is 17.8 Å². The van der Waals surface area contributed by atoms with Crippen LogP contribution in [0, 0.1) is 0 Å². The van der Waals surface area contributed by atoms with Gasteiger partial charge in [0.15, 0.2) is 0 Å². The molecule has 0 N–H and O–H groups in total. The molecule has 0 radical (unpaired) electrons. The van der Waals surface area contributed by atoms with E-state index in [1.807, 2.05) is 0 Å². The lowest BCUT2D eigenvalue weighted by Crippen LogP contribution is -1.99. The molecule has 4 nitrogen and oxygen atoms in total. The molecule has 0 aliphatic carbocycles. The number of rotatable bonds is 2. The molecule has 0 fully saturated rings. The van der Waals surface area contributed by atoms with Crippen LogP contribution in [0.25, 0.3) is 11.3 Å². The molecule has 5 heteroatoms. The number of hydrogen-bond acceptors (Lipinski definition) is 4. The van der Waals surface area contributed by atoms with Crippen molar-refractivity contribution in [3.63, 3.8) is 0 Å². The Balaban J connectivity index is 2.61. The third kappa shape index (κ3) is 2.02. The summed E-state index contributed by atoms with van der Waals surface area (Å²) in [6, 6.07) is 0. The quantitative estimate of drug-likeness (QED) is 0.750. The molecule has 2 aromatic rings. The SMILES string of the molecule is CC(C)c1c(Cl)ncnc1-c1cncnc1. The topological polar surface area (TPSA) is 51.6 Å². The second kappa shape index (κ2) is 4.53. The summed E-state index contributed by atoms with van der Waals surface area (Å²) in [6.45, 7) is 4.11. The Kier molecular flexibility index (Phi) is 3.10. The van der Waals surface area contributed by atoms with Crippen LogP contribution in [-0.2, 0) is 0 Å². The van der Waals surface area contributed by atoms with E-state index in [4.69, 9.17) is 11.6 Å². The van der Waals surface area contributed by atoms with Crippen LogP contribution in [0.1, 0.15) is 25.3 Å². The molecule has 2 aromatic heterocycles. The second-order valence-corrected chi connectivity index (χ2v) is 4.07. The van der Waals surface area contributed by atoms with E-state index in [1.165, 1.54) is 12.7 Å². The third-order valence-corrected chi connectivity index (χ3v) is 2.55. The Morgan fingerprint density at radius 1 is 1.06 bits per heavy atom. The van der Waals surface area contributed by atoms with Crippen molar-refractivity contribution in [2.24, 2.45) is 0 Å². The molecule has 16 heavy (non-hydrogen) atoms. The Hall–Kier alpha value is -1.55. The van der Waals surface area contributed by atoms with E-state index < -0.39 is 0 Å². The lowest BCUT2D eigenvalue weighted by molar-refractivity contribution is 0.849. The minimum Gasteiger partial charge on any atom is -0.244 e. The van der Waals surface area contributed by atoms with Crippen molar-refractivity contribution in [2.75, 3.05) is 0 Å². The smallest absolute Gasteiger partial charge is 0.136 e. The van der Waals surface area contributed by atoms with Crippen LogP contribution in [-0.4, -0.2) is 19.9 Å². The zero-order valence-corrected chi connectivity index (χ0v) is 9.81. The highest BCUT2D eigenvalue weighted by Crippen LogP contribution is 2.30. The third-order valence-electron chi connectivity index (χ3n) is 2.25. The van der Waals surface area contributed by atoms with Crippen LogP contribution < -0.4 is 0 Å². The van der Waals surface area contributed by atoms with Gasteiger partial charge in [-0.1, -0.05) is 25.4 Å². The summed E-state index contributed by atoms with van der Waals surface area (Å²) in [5.41, 5.74) is 2.59. The molecular formula is C11H11ClN4. The molecule has 2 rings (SSSR count). The average molecular weight is 235 g/mol. The molecule has 0 saturated carbocycles. The van der Waals surface area contributed by atoms with Crippen molar-refractivity contribution >= 4 is 11.6 Å². The summed E-state index contributed by atoms with van der Waals surface area (Å²) < 4.78 is 0. The highest BCUT2D eigenvalue weighted by atomic mass is 35.5. The fourth-order valence-corrected chi connectivity index (χ4v) is 1.89. The van der Waals surface area contributed by atoms with Crippen LogP contribution in [0.3, 0.4) is 0 Å². The standard InChI is InChI=1S/C11H11ClN4/c1-7(2)9-10(15-6-16-11(9)12)8-3-13-5-14-4-8/h3-7H,1-2H3. The Bertz CT molecular complexity index is 485. The lowest BCUT2D eigenvalue weighted by atomic mass is 10.0. The van der Waals surface area contributed by atoms with Crippen molar-refractivity contribution in [1.82, 2.24) is 19.9 Å². The molecule has 82 valence electrons. The van der Waals surface area contributed by atoms with Gasteiger partial charge < -0.3 is 0 Å². The summed E-state index contributed by atoms with van der Waals surface area (Å²) in [6.07, 6.45) is 6.38. The van der Waals surface area contributed by atoms with Gasteiger partial charge in [-0.15, -0.1) is 0 Å². The molecule has 0 aliphatic heterocycles. The van der Waals surface area contributed by atoms with Crippen LogP contribution in [0.15, 0.2) is 25.0 Å². The maximum absolute atomic E-state index is 6.08. The number of aromatic nitrogens is 4. The maximum atomic E-state index is 6.08. The first-order valence-corrected chi connectivity index (χ1v) is 5.33. The van der Waals surface area contributed by atoms with Gasteiger partial charge in [-0.2, -0.15) is 0 Å². The second-order valence-electron chi connectivity index (χ2n) is 3.71. The molecule has 0 saturated heterocycles. The fourth-order valence-electron chi connectivity index (χ4n) is 1.54.